The zero-order chi connectivity index (χ0) is 21.6. The molecule has 1 aliphatic rings. The van der Waals surface area contributed by atoms with E-state index >= 15 is 0 Å². The van der Waals surface area contributed by atoms with Crippen LogP contribution in [0.5, 0.6) is 11.5 Å². The zero-order valence-electron chi connectivity index (χ0n) is 17.3. The summed E-state index contributed by atoms with van der Waals surface area (Å²) in [5.74, 6) is 1.44. The lowest BCUT2D eigenvalue weighted by atomic mass is 9.96. The highest BCUT2D eigenvalue weighted by Gasteiger charge is 2.29. The molecule has 2 aromatic rings. The molecule has 0 radical (unpaired) electrons. The van der Waals surface area contributed by atoms with E-state index in [0.717, 1.165) is 54.0 Å². The van der Waals surface area contributed by atoms with Gasteiger partial charge in [-0.2, -0.15) is 13.2 Å². The van der Waals surface area contributed by atoms with Gasteiger partial charge in [0, 0.05) is 12.1 Å². The van der Waals surface area contributed by atoms with Crippen molar-refractivity contribution in [2.75, 3.05) is 19.8 Å². The minimum absolute atomic E-state index is 0.592. The largest absolute Gasteiger partial charge is 0.490 e. The maximum Gasteiger partial charge on any atom is 0.416 e. The van der Waals surface area contributed by atoms with E-state index in [1.807, 2.05) is 25.1 Å². The summed E-state index contributed by atoms with van der Waals surface area (Å²) in [6, 6.07) is 9.08. The lowest BCUT2D eigenvalue weighted by molar-refractivity contribution is -0.137. The second-order valence-corrected chi connectivity index (χ2v) is 7.12. The van der Waals surface area contributed by atoms with Gasteiger partial charge in [0.1, 0.15) is 0 Å². The second-order valence-electron chi connectivity index (χ2n) is 7.12. The summed E-state index contributed by atoms with van der Waals surface area (Å²) in [6.45, 7) is 5.97. The van der Waals surface area contributed by atoms with Crippen LogP contribution >= 0.6 is 0 Å². The van der Waals surface area contributed by atoms with Crippen LogP contribution in [0, 0.1) is 0 Å². The molecule has 0 fully saturated rings. The molecule has 2 aromatic carbocycles. The average molecular weight is 417 g/mol. The highest BCUT2D eigenvalue weighted by Crippen LogP contribution is 2.34. The summed E-state index contributed by atoms with van der Waals surface area (Å²) in [7, 11) is 0. The van der Waals surface area contributed by atoms with Crippen molar-refractivity contribution >= 4 is 11.8 Å². The van der Waals surface area contributed by atoms with Crippen molar-refractivity contribution in [3.05, 3.63) is 64.7 Å². The number of ether oxygens (including phenoxy) is 2. The first kappa shape index (κ1) is 21.9. The van der Waals surface area contributed by atoms with Gasteiger partial charge in [0.25, 0.3) is 0 Å². The molecule has 0 N–H and O–H groups in total. The van der Waals surface area contributed by atoms with Crippen molar-refractivity contribution in [2.45, 2.75) is 39.3 Å². The Morgan fingerprint density at radius 3 is 2.17 bits per heavy atom. The van der Waals surface area contributed by atoms with Gasteiger partial charge in [-0.15, -0.1) is 0 Å². The van der Waals surface area contributed by atoms with Gasteiger partial charge in [0.05, 0.1) is 24.5 Å². The molecule has 0 spiro atoms. The minimum Gasteiger partial charge on any atom is -0.490 e. The molecule has 0 atom stereocenters. The number of rotatable bonds is 8. The molecule has 1 heterocycles. The van der Waals surface area contributed by atoms with Crippen LogP contribution in [0.15, 0.2) is 47.5 Å². The zero-order valence-corrected chi connectivity index (χ0v) is 17.3. The monoisotopic (exact) mass is 417 g/mol. The number of allylic oxidation sites excluding steroid dienone is 1. The second kappa shape index (κ2) is 9.83. The Morgan fingerprint density at radius 1 is 0.933 bits per heavy atom. The van der Waals surface area contributed by atoms with Gasteiger partial charge in [-0.05, 0) is 60.7 Å². The molecular formula is C24H26F3NO2. The van der Waals surface area contributed by atoms with E-state index in [2.05, 4.69) is 11.9 Å². The first-order chi connectivity index (χ1) is 14.4. The van der Waals surface area contributed by atoms with Crippen molar-refractivity contribution in [2.24, 2.45) is 4.99 Å². The maximum atomic E-state index is 12.7. The number of aliphatic imine (C=N–C) groups is 1. The molecule has 160 valence electrons. The first-order valence-electron chi connectivity index (χ1n) is 10.2. The fraction of sp³-hybridized carbons (Fsp3) is 0.375. The van der Waals surface area contributed by atoms with E-state index in [4.69, 9.17) is 9.47 Å². The van der Waals surface area contributed by atoms with E-state index in [1.54, 1.807) is 6.08 Å². The summed E-state index contributed by atoms with van der Waals surface area (Å²) in [6.07, 6.45) is 1.90. The summed E-state index contributed by atoms with van der Waals surface area (Å²) >= 11 is 0. The van der Waals surface area contributed by atoms with Crippen molar-refractivity contribution in [3.8, 4) is 11.5 Å². The molecule has 0 amide bonds. The lowest BCUT2D eigenvalue weighted by Gasteiger charge is -2.20. The van der Waals surface area contributed by atoms with E-state index in [0.29, 0.717) is 31.1 Å². The number of alkyl halides is 3. The van der Waals surface area contributed by atoms with E-state index in [1.165, 1.54) is 12.1 Å². The third-order valence-corrected chi connectivity index (χ3v) is 4.70. The predicted molar refractivity (Wildman–Crippen MR) is 114 cm³/mol. The lowest BCUT2D eigenvalue weighted by Crippen LogP contribution is -2.13. The van der Waals surface area contributed by atoms with Crippen LogP contribution in [0.25, 0.3) is 6.08 Å². The van der Waals surface area contributed by atoms with Crippen LogP contribution in [0.2, 0.25) is 0 Å². The highest BCUT2D eigenvalue weighted by atomic mass is 19.4. The van der Waals surface area contributed by atoms with Gasteiger partial charge < -0.3 is 9.47 Å². The Bertz CT molecular complexity index is 915. The van der Waals surface area contributed by atoms with Crippen LogP contribution < -0.4 is 9.47 Å². The van der Waals surface area contributed by atoms with Gasteiger partial charge >= 0.3 is 6.18 Å². The molecule has 30 heavy (non-hydrogen) atoms. The molecule has 0 saturated carbocycles. The first-order valence-corrected chi connectivity index (χ1v) is 10.2. The number of hydrogen-bond acceptors (Lipinski definition) is 3. The van der Waals surface area contributed by atoms with Crippen LogP contribution in [-0.2, 0) is 12.6 Å². The molecule has 0 saturated heterocycles. The minimum atomic E-state index is -4.33. The summed E-state index contributed by atoms with van der Waals surface area (Å²) in [4.78, 5) is 4.61. The van der Waals surface area contributed by atoms with Gasteiger partial charge in [-0.3, -0.25) is 4.99 Å². The summed E-state index contributed by atoms with van der Waals surface area (Å²) in [5, 5.41) is 0. The van der Waals surface area contributed by atoms with Crippen molar-refractivity contribution in [1.29, 1.82) is 0 Å². The predicted octanol–water partition coefficient (Wildman–Crippen LogP) is 6.34. The standard InChI is InChI=1S/C24H26F3NO2/c1-3-13-29-22-15-18-11-12-28-21(20(18)16-23(22)30-14-4-2)10-7-17-5-8-19(9-6-17)24(25,26)27/h5-10,15-16H,3-4,11-14H2,1-2H3/b10-7+. The summed E-state index contributed by atoms with van der Waals surface area (Å²) < 4.78 is 50.0. The Kier molecular flexibility index (Phi) is 7.19. The van der Waals surface area contributed by atoms with Crippen LogP contribution in [0.1, 0.15) is 48.9 Å². The SMILES string of the molecule is CCCOc1cc2c(cc1OCCC)C(/C=C/c1ccc(C(F)(F)F)cc1)=NCC2. The molecule has 0 bridgehead atoms. The quantitative estimate of drug-likeness (QED) is 0.502. The Morgan fingerprint density at radius 2 is 1.57 bits per heavy atom. The fourth-order valence-electron chi connectivity index (χ4n) is 3.18. The fourth-order valence-corrected chi connectivity index (χ4v) is 3.18. The van der Waals surface area contributed by atoms with Gasteiger partial charge in [0.15, 0.2) is 11.5 Å². The third-order valence-electron chi connectivity index (χ3n) is 4.70. The highest BCUT2D eigenvalue weighted by molar-refractivity contribution is 6.12. The van der Waals surface area contributed by atoms with Gasteiger partial charge in [0.2, 0.25) is 0 Å². The Hall–Kier alpha value is -2.76. The van der Waals surface area contributed by atoms with Crippen molar-refractivity contribution < 1.29 is 22.6 Å². The number of nitrogens with zero attached hydrogens (tertiary/aromatic N) is 1. The number of fused-ring (bicyclic) bond motifs is 1. The Balaban J connectivity index is 1.86. The van der Waals surface area contributed by atoms with Crippen molar-refractivity contribution in [1.82, 2.24) is 0 Å². The van der Waals surface area contributed by atoms with Gasteiger partial charge in [-0.1, -0.05) is 32.1 Å². The molecule has 0 aliphatic carbocycles. The van der Waals surface area contributed by atoms with Gasteiger partial charge in [-0.25, -0.2) is 0 Å². The average Bonchev–Trinajstić information content (AvgIpc) is 2.74. The molecule has 3 rings (SSSR count). The molecule has 3 nitrogen and oxygen atoms in total. The van der Waals surface area contributed by atoms with Crippen LogP contribution in [0.4, 0.5) is 13.2 Å². The molecule has 0 aromatic heterocycles. The normalized spacial score (nSPS) is 13.8. The van der Waals surface area contributed by atoms with E-state index in [-0.39, 0.29) is 0 Å². The molecular weight excluding hydrogens is 391 g/mol. The number of hydrogen-bond donors (Lipinski definition) is 0. The topological polar surface area (TPSA) is 30.8 Å². The maximum absolute atomic E-state index is 12.7. The number of benzene rings is 2. The van der Waals surface area contributed by atoms with Crippen molar-refractivity contribution in [3.63, 3.8) is 0 Å². The van der Waals surface area contributed by atoms with E-state index < -0.39 is 11.7 Å². The van der Waals surface area contributed by atoms with Crippen LogP contribution in [0.3, 0.4) is 0 Å². The number of halogens is 3. The van der Waals surface area contributed by atoms with Crippen LogP contribution in [-0.4, -0.2) is 25.5 Å². The van der Waals surface area contributed by atoms with E-state index in [9.17, 15) is 13.2 Å². The molecule has 0 unspecified atom stereocenters. The smallest absolute Gasteiger partial charge is 0.416 e. The molecule has 1 aliphatic heterocycles. The Labute approximate surface area is 175 Å². The third kappa shape index (κ3) is 5.43. The summed E-state index contributed by atoms with van der Waals surface area (Å²) in [5.41, 5.74) is 2.92. The molecule has 6 heteroatoms.